The van der Waals surface area contributed by atoms with Crippen molar-refractivity contribution in [3.05, 3.63) is 35.9 Å². The molecule has 2 heterocycles. The van der Waals surface area contributed by atoms with Gasteiger partial charge in [0.15, 0.2) is 0 Å². The Morgan fingerprint density at radius 3 is 2.87 bits per heavy atom. The number of benzene rings is 1. The van der Waals surface area contributed by atoms with Crippen LogP contribution in [0.15, 0.2) is 30.3 Å². The van der Waals surface area contributed by atoms with Crippen molar-refractivity contribution in [2.45, 2.75) is 50.3 Å². The summed E-state index contributed by atoms with van der Waals surface area (Å²) in [5.41, 5.74) is 1.08. The summed E-state index contributed by atoms with van der Waals surface area (Å²) in [6.45, 7) is 2.54. The number of aliphatic hydroxyl groups is 1. The molecule has 3 N–H and O–H groups in total. The lowest BCUT2D eigenvalue weighted by atomic mass is 9.99. The Balaban J connectivity index is 1.39. The summed E-state index contributed by atoms with van der Waals surface area (Å²) in [5, 5.41) is 16.0. The lowest BCUT2D eigenvalue weighted by Crippen LogP contribution is -2.50. The maximum atomic E-state index is 12.1. The number of nitrogens with one attached hydrogen (secondary N) is 2. The molecule has 0 aliphatic carbocycles. The lowest BCUT2D eigenvalue weighted by Gasteiger charge is -2.32. The van der Waals surface area contributed by atoms with Crippen LogP contribution in [0.25, 0.3) is 0 Å². The second-order valence-electron chi connectivity index (χ2n) is 6.69. The van der Waals surface area contributed by atoms with Crippen LogP contribution in [0.2, 0.25) is 0 Å². The molecule has 5 heteroatoms. The smallest absolute Gasteiger partial charge is 0.315 e. The summed E-state index contributed by atoms with van der Waals surface area (Å²) in [6.07, 6.45) is 4.75. The predicted octanol–water partition coefficient (Wildman–Crippen LogP) is 1.52. The summed E-state index contributed by atoms with van der Waals surface area (Å²) in [7, 11) is 0. The number of urea groups is 1. The van der Waals surface area contributed by atoms with Crippen molar-refractivity contribution in [1.29, 1.82) is 0 Å². The molecular formula is C18H27N3O2. The Hall–Kier alpha value is -1.59. The van der Waals surface area contributed by atoms with E-state index in [2.05, 4.69) is 15.5 Å². The number of rotatable bonds is 5. The summed E-state index contributed by atoms with van der Waals surface area (Å²) in [6, 6.07) is 10.4. The average Bonchev–Trinajstić information content (AvgIpc) is 2.97. The van der Waals surface area contributed by atoms with Gasteiger partial charge in [-0.3, -0.25) is 4.90 Å². The molecule has 3 rings (SSSR count). The van der Waals surface area contributed by atoms with E-state index in [1.807, 2.05) is 30.3 Å². The molecule has 3 atom stereocenters. The van der Waals surface area contributed by atoms with Crippen LogP contribution < -0.4 is 10.6 Å². The minimum Gasteiger partial charge on any atom is -0.391 e. The average molecular weight is 317 g/mol. The molecular weight excluding hydrogens is 290 g/mol. The minimum absolute atomic E-state index is 0.158. The van der Waals surface area contributed by atoms with Crippen LogP contribution in [0.4, 0.5) is 4.79 Å². The van der Waals surface area contributed by atoms with E-state index in [0.29, 0.717) is 12.5 Å². The first kappa shape index (κ1) is 16.3. The van der Waals surface area contributed by atoms with Crippen LogP contribution in [0, 0.1) is 0 Å². The minimum atomic E-state index is -0.557. The molecule has 5 nitrogen and oxygen atoms in total. The van der Waals surface area contributed by atoms with E-state index in [1.165, 1.54) is 25.8 Å². The highest BCUT2D eigenvalue weighted by molar-refractivity contribution is 5.74. The topological polar surface area (TPSA) is 64.6 Å². The van der Waals surface area contributed by atoms with E-state index in [9.17, 15) is 9.90 Å². The predicted molar refractivity (Wildman–Crippen MR) is 90.3 cm³/mol. The molecule has 0 radical (unpaired) electrons. The fraction of sp³-hybridized carbons (Fsp3) is 0.611. The van der Waals surface area contributed by atoms with E-state index < -0.39 is 6.10 Å². The second-order valence-corrected chi connectivity index (χ2v) is 6.69. The highest BCUT2D eigenvalue weighted by Gasteiger charge is 2.36. The number of hydrogen-bond acceptors (Lipinski definition) is 3. The standard InChI is InChI=1S/C18H27N3O2/c22-15(12-14-6-2-1-3-7-14)13-19-18(23)20-16-9-11-21-10-5-4-8-17(16)21/h1-3,6-7,15-17,22H,4-5,8-13H2,(H2,19,20,23). The third kappa shape index (κ3) is 4.45. The van der Waals surface area contributed by atoms with Gasteiger partial charge in [0.1, 0.15) is 0 Å². The van der Waals surface area contributed by atoms with Crippen LogP contribution in [0.1, 0.15) is 31.2 Å². The van der Waals surface area contributed by atoms with E-state index in [-0.39, 0.29) is 18.6 Å². The maximum Gasteiger partial charge on any atom is 0.315 e. The van der Waals surface area contributed by atoms with Crippen molar-refractivity contribution < 1.29 is 9.90 Å². The van der Waals surface area contributed by atoms with E-state index in [1.54, 1.807) is 0 Å². The number of amides is 2. The van der Waals surface area contributed by atoms with Crippen molar-refractivity contribution >= 4 is 6.03 Å². The molecule has 2 aliphatic heterocycles. The number of aliphatic hydroxyl groups excluding tert-OH is 1. The summed E-state index contributed by atoms with van der Waals surface area (Å²) in [4.78, 5) is 14.6. The van der Waals surface area contributed by atoms with Crippen molar-refractivity contribution in [2.24, 2.45) is 0 Å². The molecule has 126 valence electrons. The number of fused-ring (bicyclic) bond motifs is 1. The molecule has 2 fully saturated rings. The zero-order valence-electron chi connectivity index (χ0n) is 13.6. The molecule has 0 saturated carbocycles. The van der Waals surface area contributed by atoms with Gasteiger partial charge < -0.3 is 15.7 Å². The maximum absolute atomic E-state index is 12.1. The fourth-order valence-corrected chi connectivity index (χ4v) is 3.80. The monoisotopic (exact) mass is 317 g/mol. The molecule has 0 bridgehead atoms. The molecule has 2 amide bonds. The van der Waals surface area contributed by atoms with Gasteiger partial charge in [-0.1, -0.05) is 36.8 Å². The molecule has 3 unspecified atom stereocenters. The SMILES string of the molecule is O=C(NCC(O)Cc1ccccc1)NC1CCN2CCCCC12. The Morgan fingerprint density at radius 2 is 2.04 bits per heavy atom. The third-order valence-electron chi connectivity index (χ3n) is 4.98. The van der Waals surface area contributed by atoms with Crippen LogP contribution in [-0.2, 0) is 6.42 Å². The van der Waals surface area contributed by atoms with Gasteiger partial charge in [-0.2, -0.15) is 0 Å². The van der Waals surface area contributed by atoms with Crippen LogP contribution in [0.3, 0.4) is 0 Å². The van der Waals surface area contributed by atoms with Gasteiger partial charge in [0.2, 0.25) is 0 Å². The third-order valence-corrected chi connectivity index (χ3v) is 4.98. The van der Waals surface area contributed by atoms with Gasteiger partial charge in [0.05, 0.1) is 6.10 Å². The van der Waals surface area contributed by atoms with Crippen LogP contribution in [0.5, 0.6) is 0 Å². The van der Waals surface area contributed by atoms with Crippen molar-refractivity contribution in [3.63, 3.8) is 0 Å². The number of nitrogens with zero attached hydrogens (tertiary/aromatic N) is 1. The molecule has 0 aromatic heterocycles. The molecule has 0 spiro atoms. The molecule has 23 heavy (non-hydrogen) atoms. The van der Waals surface area contributed by atoms with Gasteiger partial charge in [-0.25, -0.2) is 4.79 Å². The number of carbonyl (C=O) groups excluding carboxylic acids is 1. The number of piperidine rings is 1. The van der Waals surface area contributed by atoms with Gasteiger partial charge in [-0.15, -0.1) is 0 Å². The normalized spacial score (nSPS) is 25.6. The zero-order valence-corrected chi connectivity index (χ0v) is 13.6. The zero-order chi connectivity index (χ0) is 16.1. The van der Waals surface area contributed by atoms with E-state index >= 15 is 0 Å². The molecule has 1 aromatic rings. The first-order chi connectivity index (χ1) is 11.2. The second kappa shape index (κ2) is 7.79. The Labute approximate surface area is 138 Å². The van der Waals surface area contributed by atoms with Crippen molar-refractivity contribution in [2.75, 3.05) is 19.6 Å². The number of carbonyl (C=O) groups is 1. The van der Waals surface area contributed by atoms with Crippen molar-refractivity contribution in [3.8, 4) is 0 Å². The fourth-order valence-electron chi connectivity index (χ4n) is 3.80. The van der Waals surface area contributed by atoms with Crippen LogP contribution >= 0.6 is 0 Å². The first-order valence-corrected chi connectivity index (χ1v) is 8.73. The Bertz CT molecular complexity index is 508. The van der Waals surface area contributed by atoms with Gasteiger partial charge >= 0.3 is 6.03 Å². The highest BCUT2D eigenvalue weighted by Crippen LogP contribution is 2.26. The van der Waals surface area contributed by atoms with E-state index in [4.69, 9.17) is 0 Å². The quantitative estimate of drug-likeness (QED) is 0.771. The summed E-state index contributed by atoms with van der Waals surface area (Å²) < 4.78 is 0. The van der Waals surface area contributed by atoms with E-state index in [0.717, 1.165) is 18.5 Å². The Morgan fingerprint density at radius 1 is 1.22 bits per heavy atom. The van der Waals surface area contributed by atoms with Crippen molar-refractivity contribution in [1.82, 2.24) is 15.5 Å². The first-order valence-electron chi connectivity index (χ1n) is 8.73. The Kier molecular flexibility index (Phi) is 5.51. The molecule has 1 aromatic carbocycles. The summed E-state index contributed by atoms with van der Waals surface area (Å²) in [5.74, 6) is 0. The van der Waals surface area contributed by atoms with Gasteiger partial charge in [0, 0.05) is 31.6 Å². The summed E-state index contributed by atoms with van der Waals surface area (Å²) >= 11 is 0. The molecule has 2 aliphatic rings. The molecule has 2 saturated heterocycles. The van der Waals surface area contributed by atoms with Gasteiger partial charge in [-0.05, 0) is 31.4 Å². The highest BCUT2D eigenvalue weighted by atomic mass is 16.3. The number of hydrogen-bond donors (Lipinski definition) is 3. The largest absolute Gasteiger partial charge is 0.391 e. The van der Waals surface area contributed by atoms with Gasteiger partial charge in [0.25, 0.3) is 0 Å². The lowest BCUT2D eigenvalue weighted by molar-refractivity contribution is 0.165. The van der Waals surface area contributed by atoms with Crippen LogP contribution in [-0.4, -0.2) is 53.9 Å².